The second-order valence-electron chi connectivity index (χ2n) is 6.93. The maximum Gasteiger partial charge on any atom is 0.260 e. The Morgan fingerprint density at radius 2 is 1.54 bits per heavy atom. The highest BCUT2D eigenvalue weighted by molar-refractivity contribution is 5.79. The summed E-state index contributed by atoms with van der Waals surface area (Å²) in [6.45, 7) is 3.26. The van der Waals surface area contributed by atoms with Crippen LogP contribution in [0.25, 0.3) is 0 Å². The number of hydrogen-bond acceptors (Lipinski definition) is 4. The van der Waals surface area contributed by atoms with Crippen LogP contribution in [0.15, 0.2) is 54.6 Å². The molecule has 6 heteroatoms. The van der Waals surface area contributed by atoms with Gasteiger partial charge in [0.25, 0.3) is 11.8 Å². The van der Waals surface area contributed by atoms with Crippen molar-refractivity contribution in [2.75, 3.05) is 26.3 Å². The van der Waals surface area contributed by atoms with E-state index in [1.165, 1.54) is 0 Å². The molecule has 1 heterocycles. The van der Waals surface area contributed by atoms with Crippen LogP contribution in [0.3, 0.4) is 0 Å². The predicted molar refractivity (Wildman–Crippen MR) is 106 cm³/mol. The zero-order valence-corrected chi connectivity index (χ0v) is 16.1. The van der Waals surface area contributed by atoms with Gasteiger partial charge in [0.15, 0.2) is 13.2 Å². The Morgan fingerprint density at radius 3 is 2.21 bits per heavy atom. The van der Waals surface area contributed by atoms with Crippen molar-refractivity contribution in [1.29, 1.82) is 0 Å². The van der Waals surface area contributed by atoms with Crippen molar-refractivity contribution in [2.45, 2.75) is 25.8 Å². The normalized spacial score (nSPS) is 14.4. The van der Waals surface area contributed by atoms with Crippen LogP contribution in [0.4, 0.5) is 0 Å². The summed E-state index contributed by atoms with van der Waals surface area (Å²) in [4.78, 5) is 26.2. The van der Waals surface area contributed by atoms with Crippen LogP contribution < -0.4 is 14.8 Å². The number of hydrogen-bond donors (Lipinski definition) is 1. The van der Waals surface area contributed by atoms with Crippen LogP contribution in [0.2, 0.25) is 0 Å². The maximum absolute atomic E-state index is 12.3. The van der Waals surface area contributed by atoms with E-state index in [0.717, 1.165) is 18.4 Å². The van der Waals surface area contributed by atoms with E-state index >= 15 is 0 Å². The molecule has 1 aliphatic heterocycles. The molecule has 148 valence electrons. The SMILES string of the molecule is Cc1ccc(OCC(=O)N2CCC(NC(=O)COc3ccccc3)CC2)cc1. The smallest absolute Gasteiger partial charge is 0.260 e. The summed E-state index contributed by atoms with van der Waals surface area (Å²) in [6, 6.07) is 17.0. The second kappa shape index (κ2) is 9.78. The fourth-order valence-corrected chi connectivity index (χ4v) is 3.08. The molecule has 0 aliphatic carbocycles. The number of nitrogens with one attached hydrogen (secondary N) is 1. The molecule has 0 bridgehead atoms. The lowest BCUT2D eigenvalue weighted by Crippen LogP contribution is -2.48. The van der Waals surface area contributed by atoms with Gasteiger partial charge in [0, 0.05) is 19.1 Å². The van der Waals surface area contributed by atoms with Crippen LogP contribution in [-0.4, -0.2) is 49.1 Å². The Kier molecular flexibility index (Phi) is 6.89. The molecule has 1 saturated heterocycles. The molecule has 0 atom stereocenters. The highest BCUT2D eigenvalue weighted by atomic mass is 16.5. The summed E-state index contributed by atoms with van der Waals surface area (Å²) in [5, 5.41) is 2.98. The maximum atomic E-state index is 12.3. The Morgan fingerprint density at radius 1 is 0.929 bits per heavy atom. The first-order valence-electron chi connectivity index (χ1n) is 9.54. The van der Waals surface area contributed by atoms with Gasteiger partial charge in [-0.05, 0) is 44.0 Å². The van der Waals surface area contributed by atoms with Crippen molar-refractivity contribution >= 4 is 11.8 Å². The van der Waals surface area contributed by atoms with Gasteiger partial charge in [-0.15, -0.1) is 0 Å². The zero-order valence-electron chi connectivity index (χ0n) is 16.1. The molecule has 0 saturated carbocycles. The third-order valence-electron chi connectivity index (χ3n) is 4.71. The number of benzene rings is 2. The van der Waals surface area contributed by atoms with E-state index in [1.807, 2.05) is 61.5 Å². The molecule has 6 nitrogen and oxygen atoms in total. The lowest BCUT2D eigenvalue weighted by molar-refractivity contribution is -0.134. The number of para-hydroxylation sites is 1. The number of ether oxygens (including phenoxy) is 2. The van der Waals surface area contributed by atoms with E-state index in [1.54, 1.807) is 4.90 Å². The summed E-state index contributed by atoms with van der Waals surface area (Å²) >= 11 is 0. The second-order valence-corrected chi connectivity index (χ2v) is 6.93. The standard InChI is InChI=1S/C22H26N2O4/c1-17-7-9-20(10-8-17)28-16-22(26)24-13-11-18(12-14-24)23-21(25)15-27-19-5-3-2-4-6-19/h2-10,18H,11-16H2,1H3,(H,23,25). The number of carbonyl (C=O) groups excluding carboxylic acids is 2. The molecular weight excluding hydrogens is 356 g/mol. The van der Waals surface area contributed by atoms with Gasteiger partial charge in [-0.3, -0.25) is 9.59 Å². The number of nitrogens with zero attached hydrogens (tertiary/aromatic N) is 1. The molecular formula is C22H26N2O4. The Balaban J connectivity index is 1.34. The van der Waals surface area contributed by atoms with Crippen LogP contribution in [0.5, 0.6) is 11.5 Å². The minimum Gasteiger partial charge on any atom is -0.484 e. The molecule has 2 aromatic rings. The van der Waals surface area contributed by atoms with Crippen LogP contribution >= 0.6 is 0 Å². The summed E-state index contributed by atoms with van der Waals surface area (Å²) in [5.74, 6) is 1.19. The highest BCUT2D eigenvalue weighted by Crippen LogP contribution is 2.14. The van der Waals surface area contributed by atoms with Gasteiger partial charge in [0.1, 0.15) is 11.5 Å². The topological polar surface area (TPSA) is 67.9 Å². The largest absolute Gasteiger partial charge is 0.484 e. The number of piperidine rings is 1. The van der Waals surface area contributed by atoms with Gasteiger partial charge in [-0.25, -0.2) is 0 Å². The van der Waals surface area contributed by atoms with Crippen molar-refractivity contribution < 1.29 is 19.1 Å². The zero-order chi connectivity index (χ0) is 19.8. The van der Waals surface area contributed by atoms with E-state index in [2.05, 4.69) is 5.32 Å². The third kappa shape index (κ3) is 6.01. The number of amides is 2. The molecule has 28 heavy (non-hydrogen) atoms. The fraction of sp³-hybridized carbons (Fsp3) is 0.364. The third-order valence-corrected chi connectivity index (χ3v) is 4.71. The van der Waals surface area contributed by atoms with Gasteiger partial charge in [0.05, 0.1) is 0 Å². The average molecular weight is 382 g/mol. The first kappa shape index (κ1) is 19.7. The molecule has 2 amide bonds. The first-order chi connectivity index (χ1) is 13.6. The molecule has 0 radical (unpaired) electrons. The van der Waals surface area contributed by atoms with Crippen LogP contribution in [0.1, 0.15) is 18.4 Å². The Labute approximate surface area is 165 Å². The summed E-state index contributed by atoms with van der Waals surface area (Å²) in [5.41, 5.74) is 1.15. The van der Waals surface area contributed by atoms with Crippen molar-refractivity contribution in [3.05, 3.63) is 60.2 Å². The van der Waals surface area contributed by atoms with Gasteiger partial charge in [-0.1, -0.05) is 35.9 Å². The number of likely N-dealkylation sites (tertiary alicyclic amines) is 1. The summed E-state index contributed by atoms with van der Waals surface area (Å²) in [6.07, 6.45) is 1.46. The van der Waals surface area contributed by atoms with Crippen molar-refractivity contribution in [3.8, 4) is 11.5 Å². The van der Waals surface area contributed by atoms with Gasteiger partial charge >= 0.3 is 0 Å². The van der Waals surface area contributed by atoms with Gasteiger partial charge in [-0.2, -0.15) is 0 Å². The van der Waals surface area contributed by atoms with E-state index in [-0.39, 0.29) is 31.1 Å². The first-order valence-corrected chi connectivity index (χ1v) is 9.54. The minimum atomic E-state index is -0.142. The summed E-state index contributed by atoms with van der Waals surface area (Å²) < 4.78 is 11.0. The van der Waals surface area contributed by atoms with E-state index in [0.29, 0.717) is 24.6 Å². The number of aryl methyl sites for hydroxylation is 1. The van der Waals surface area contributed by atoms with Crippen molar-refractivity contribution in [3.63, 3.8) is 0 Å². The molecule has 1 fully saturated rings. The number of carbonyl (C=O) groups is 2. The van der Waals surface area contributed by atoms with E-state index in [9.17, 15) is 9.59 Å². The number of rotatable bonds is 7. The molecule has 0 spiro atoms. The predicted octanol–water partition coefficient (Wildman–Crippen LogP) is 2.56. The monoisotopic (exact) mass is 382 g/mol. The molecule has 0 aromatic heterocycles. The minimum absolute atomic E-state index is 0.00640. The van der Waals surface area contributed by atoms with Crippen LogP contribution in [0, 0.1) is 6.92 Å². The van der Waals surface area contributed by atoms with E-state index in [4.69, 9.17) is 9.47 Å². The lowest BCUT2D eigenvalue weighted by Gasteiger charge is -2.32. The average Bonchev–Trinajstić information content (AvgIpc) is 2.73. The molecule has 1 N–H and O–H groups in total. The molecule has 3 rings (SSSR count). The Bertz CT molecular complexity index is 769. The fourth-order valence-electron chi connectivity index (χ4n) is 3.08. The molecule has 2 aromatic carbocycles. The lowest BCUT2D eigenvalue weighted by atomic mass is 10.1. The molecule has 1 aliphatic rings. The van der Waals surface area contributed by atoms with Crippen molar-refractivity contribution in [2.24, 2.45) is 0 Å². The van der Waals surface area contributed by atoms with E-state index < -0.39 is 0 Å². The van der Waals surface area contributed by atoms with Crippen molar-refractivity contribution in [1.82, 2.24) is 10.2 Å². The Hall–Kier alpha value is -3.02. The van der Waals surface area contributed by atoms with Gasteiger partial charge < -0.3 is 19.7 Å². The summed E-state index contributed by atoms with van der Waals surface area (Å²) in [7, 11) is 0. The van der Waals surface area contributed by atoms with Crippen LogP contribution in [-0.2, 0) is 9.59 Å². The molecule has 0 unspecified atom stereocenters. The quantitative estimate of drug-likeness (QED) is 0.799. The highest BCUT2D eigenvalue weighted by Gasteiger charge is 2.24. The van der Waals surface area contributed by atoms with Gasteiger partial charge in [0.2, 0.25) is 0 Å².